The van der Waals surface area contributed by atoms with Gasteiger partial charge in [-0.15, -0.1) is 0 Å². The first-order valence-electron chi connectivity index (χ1n) is 8.76. The summed E-state index contributed by atoms with van der Waals surface area (Å²) in [4.78, 5) is 23.8. The van der Waals surface area contributed by atoms with Crippen molar-refractivity contribution in [3.63, 3.8) is 0 Å². The summed E-state index contributed by atoms with van der Waals surface area (Å²) in [5.74, 6) is -1.20. The van der Waals surface area contributed by atoms with Gasteiger partial charge in [0, 0.05) is 18.7 Å². The van der Waals surface area contributed by atoms with Crippen LogP contribution in [-0.2, 0) is 24.3 Å². The third kappa shape index (κ3) is 6.93. The van der Waals surface area contributed by atoms with Gasteiger partial charge in [0.05, 0.1) is 16.6 Å². The van der Waals surface area contributed by atoms with E-state index < -0.39 is 34.0 Å². The summed E-state index contributed by atoms with van der Waals surface area (Å²) in [5, 5.41) is 2.67. The van der Waals surface area contributed by atoms with Crippen molar-refractivity contribution in [3.05, 3.63) is 29.8 Å². The molecule has 2 rings (SSSR count). The zero-order chi connectivity index (χ0) is 20.1. The van der Waals surface area contributed by atoms with E-state index in [9.17, 15) is 18.0 Å². The number of hydrogen-bond acceptors (Lipinski definition) is 6. The van der Waals surface area contributed by atoms with Gasteiger partial charge in [0.1, 0.15) is 0 Å². The zero-order valence-electron chi connectivity index (χ0n) is 15.8. The van der Waals surface area contributed by atoms with E-state index in [2.05, 4.69) is 10.0 Å². The van der Waals surface area contributed by atoms with Gasteiger partial charge in [-0.25, -0.2) is 17.9 Å². The molecule has 1 fully saturated rings. The quantitative estimate of drug-likeness (QED) is 0.668. The predicted molar refractivity (Wildman–Crippen MR) is 98.8 cm³/mol. The Kier molecular flexibility index (Phi) is 6.96. The number of esters is 1. The molecule has 8 nitrogen and oxygen atoms in total. The molecule has 0 bridgehead atoms. The summed E-state index contributed by atoms with van der Waals surface area (Å²) in [6.45, 7) is 5.81. The third-order valence-electron chi connectivity index (χ3n) is 3.75. The molecule has 1 amide bonds. The van der Waals surface area contributed by atoms with Crippen LogP contribution in [0.4, 0.5) is 0 Å². The predicted octanol–water partition coefficient (Wildman–Crippen LogP) is 1.22. The maximum Gasteiger partial charge on any atom is 0.338 e. The van der Waals surface area contributed by atoms with Crippen LogP contribution in [0.25, 0.3) is 0 Å². The molecule has 0 spiro atoms. The second-order valence-corrected chi connectivity index (χ2v) is 9.16. The van der Waals surface area contributed by atoms with Gasteiger partial charge < -0.3 is 14.8 Å². The Labute approximate surface area is 159 Å². The fourth-order valence-electron chi connectivity index (χ4n) is 2.55. The Bertz CT molecular complexity index is 779. The average Bonchev–Trinajstić information content (AvgIpc) is 3.10. The molecule has 0 radical (unpaired) electrons. The van der Waals surface area contributed by atoms with Gasteiger partial charge in [-0.2, -0.15) is 0 Å². The molecule has 1 aliphatic heterocycles. The van der Waals surface area contributed by atoms with Crippen LogP contribution in [0.15, 0.2) is 29.2 Å². The molecule has 1 atom stereocenters. The van der Waals surface area contributed by atoms with Crippen LogP contribution in [0.1, 0.15) is 44.0 Å². The molecule has 0 saturated carbocycles. The van der Waals surface area contributed by atoms with Crippen molar-refractivity contribution in [2.45, 2.75) is 50.2 Å². The van der Waals surface area contributed by atoms with Crippen molar-refractivity contribution in [1.29, 1.82) is 0 Å². The molecule has 9 heteroatoms. The first kappa shape index (κ1) is 21.3. The monoisotopic (exact) mass is 398 g/mol. The molecule has 1 heterocycles. The van der Waals surface area contributed by atoms with Crippen LogP contribution in [0.3, 0.4) is 0 Å². The maximum atomic E-state index is 12.4. The van der Waals surface area contributed by atoms with Crippen molar-refractivity contribution in [1.82, 2.24) is 10.0 Å². The minimum absolute atomic E-state index is 0.0471. The molecule has 2 N–H and O–H groups in total. The smallest absolute Gasteiger partial charge is 0.338 e. The highest BCUT2D eigenvalue weighted by atomic mass is 32.2. The topological polar surface area (TPSA) is 111 Å². The van der Waals surface area contributed by atoms with Crippen molar-refractivity contribution in [2.75, 3.05) is 19.8 Å². The second-order valence-electron chi connectivity index (χ2n) is 7.39. The number of hydrogen-bond donors (Lipinski definition) is 2. The van der Waals surface area contributed by atoms with Crippen LogP contribution < -0.4 is 10.0 Å². The minimum Gasteiger partial charge on any atom is -0.452 e. The largest absolute Gasteiger partial charge is 0.452 e. The summed E-state index contributed by atoms with van der Waals surface area (Å²) in [5.41, 5.74) is -0.384. The van der Waals surface area contributed by atoms with E-state index in [4.69, 9.17) is 9.47 Å². The Morgan fingerprint density at radius 1 is 1.30 bits per heavy atom. The lowest BCUT2D eigenvalue weighted by Gasteiger charge is -2.20. The van der Waals surface area contributed by atoms with Crippen LogP contribution in [-0.4, -0.2) is 51.7 Å². The minimum atomic E-state index is -3.78. The Balaban J connectivity index is 1.96. The second kappa shape index (κ2) is 8.81. The number of carbonyl (C=O) groups is 2. The summed E-state index contributed by atoms with van der Waals surface area (Å²) in [6, 6.07) is 5.50. The highest BCUT2D eigenvalue weighted by Crippen LogP contribution is 2.15. The van der Waals surface area contributed by atoms with Crippen LogP contribution in [0, 0.1) is 0 Å². The maximum absolute atomic E-state index is 12.4. The summed E-state index contributed by atoms with van der Waals surface area (Å²) in [6.07, 6.45) is 1.59. The van der Waals surface area contributed by atoms with Crippen LogP contribution in [0.2, 0.25) is 0 Å². The SMILES string of the molecule is CC(C)(C)NC(=O)COC(=O)c1cccc(S(=O)(=O)NC[C@@H]2CCCO2)c1. The van der Waals surface area contributed by atoms with E-state index in [0.717, 1.165) is 12.8 Å². The van der Waals surface area contributed by atoms with E-state index in [1.165, 1.54) is 24.3 Å². The molecule has 150 valence electrons. The van der Waals surface area contributed by atoms with Crippen molar-refractivity contribution in [3.8, 4) is 0 Å². The molecule has 1 aromatic carbocycles. The molecular formula is C18H26N2O6S. The normalized spacial score (nSPS) is 17.5. The molecule has 1 aliphatic rings. The van der Waals surface area contributed by atoms with Crippen LogP contribution >= 0.6 is 0 Å². The third-order valence-corrected chi connectivity index (χ3v) is 5.18. The molecule has 0 aliphatic carbocycles. The van der Waals surface area contributed by atoms with Crippen LogP contribution in [0.5, 0.6) is 0 Å². The highest BCUT2D eigenvalue weighted by Gasteiger charge is 2.22. The fraction of sp³-hybridized carbons (Fsp3) is 0.556. The lowest BCUT2D eigenvalue weighted by Crippen LogP contribution is -2.42. The Morgan fingerprint density at radius 2 is 2.04 bits per heavy atom. The Hall–Kier alpha value is -1.97. The molecule has 1 aromatic rings. The van der Waals surface area contributed by atoms with Crippen molar-refractivity contribution >= 4 is 21.9 Å². The first-order chi connectivity index (χ1) is 12.6. The Morgan fingerprint density at radius 3 is 2.67 bits per heavy atom. The molecular weight excluding hydrogens is 372 g/mol. The van der Waals surface area contributed by atoms with Crippen molar-refractivity contribution < 1.29 is 27.5 Å². The van der Waals surface area contributed by atoms with Gasteiger partial charge in [-0.1, -0.05) is 6.07 Å². The van der Waals surface area contributed by atoms with Gasteiger partial charge in [-0.3, -0.25) is 4.79 Å². The lowest BCUT2D eigenvalue weighted by molar-refractivity contribution is -0.125. The van der Waals surface area contributed by atoms with E-state index in [-0.39, 0.29) is 23.1 Å². The van der Waals surface area contributed by atoms with E-state index in [0.29, 0.717) is 6.61 Å². The molecule has 0 aromatic heterocycles. The van der Waals surface area contributed by atoms with Gasteiger partial charge in [0.25, 0.3) is 5.91 Å². The molecule has 1 saturated heterocycles. The average molecular weight is 398 g/mol. The fourth-order valence-corrected chi connectivity index (χ4v) is 3.66. The number of nitrogens with one attached hydrogen (secondary N) is 2. The molecule has 27 heavy (non-hydrogen) atoms. The highest BCUT2D eigenvalue weighted by molar-refractivity contribution is 7.89. The van der Waals surface area contributed by atoms with Crippen molar-refractivity contribution in [2.24, 2.45) is 0 Å². The zero-order valence-corrected chi connectivity index (χ0v) is 16.6. The number of sulfonamides is 1. The summed E-state index contributed by atoms with van der Waals surface area (Å²) >= 11 is 0. The summed E-state index contributed by atoms with van der Waals surface area (Å²) in [7, 11) is -3.78. The van der Waals surface area contributed by atoms with Gasteiger partial charge in [0.15, 0.2) is 6.61 Å². The number of carbonyl (C=O) groups excluding carboxylic acids is 2. The summed E-state index contributed by atoms with van der Waals surface area (Å²) < 4.78 is 37.7. The number of amides is 1. The van der Waals surface area contributed by atoms with E-state index in [1.807, 2.05) is 20.8 Å². The molecule has 0 unspecified atom stereocenters. The first-order valence-corrected chi connectivity index (χ1v) is 10.2. The van der Waals surface area contributed by atoms with E-state index >= 15 is 0 Å². The lowest BCUT2D eigenvalue weighted by atomic mass is 10.1. The van der Waals surface area contributed by atoms with Gasteiger partial charge in [-0.05, 0) is 51.8 Å². The van der Waals surface area contributed by atoms with E-state index in [1.54, 1.807) is 0 Å². The van der Waals surface area contributed by atoms with Gasteiger partial charge in [0.2, 0.25) is 10.0 Å². The number of rotatable bonds is 7. The van der Waals surface area contributed by atoms with Gasteiger partial charge >= 0.3 is 5.97 Å². The number of ether oxygens (including phenoxy) is 2. The standard InChI is InChI=1S/C18H26N2O6S/c1-18(2,3)20-16(21)12-26-17(22)13-6-4-8-15(10-13)27(23,24)19-11-14-7-5-9-25-14/h4,6,8,10,14,19H,5,7,9,11-12H2,1-3H3,(H,20,21)/t14-/m0/s1. The number of benzene rings is 1.